The lowest BCUT2D eigenvalue weighted by molar-refractivity contribution is -0.401. The number of hydrogen-bond donors (Lipinski definition) is 0. The molecular weight excluding hydrogens is 316 g/mol. The van der Waals surface area contributed by atoms with Crippen LogP contribution in [0.4, 0.5) is 11.4 Å². The SMILES string of the molecule is CCOc1cc2c(cc1OC)C(=O)N1c3ccccc3C[C@H]1[C-]=[N+]2C. The third-order valence-electron chi connectivity index (χ3n) is 4.71. The maximum Gasteiger partial charge on any atom is 0.246 e. The maximum absolute atomic E-state index is 13.3. The molecule has 1 atom stereocenters. The van der Waals surface area contributed by atoms with Crippen LogP contribution in [0.15, 0.2) is 36.4 Å². The predicted octanol–water partition coefficient (Wildman–Crippen LogP) is 2.90. The molecule has 0 aromatic heterocycles. The van der Waals surface area contributed by atoms with Crippen LogP contribution in [0.5, 0.6) is 11.5 Å². The maximum atomic E-state index is 13.3. The fourth-order valence-corrected chi connectivity index (χ4v) is 3.59. The van der Waals surface area contributed by atoms with Crippen LogP contribution in [0.2, 0.25) is 0 Å². The van der Waals surface area contributed by atoms with Crippen LogP contribution in [0, 0.1) is 0 Å². The zero-order valence-electron chi connectivity index (χ0n) is 14.6. The predicted molar refractivity (Wildman–Crippen MR) is 95.8 cm³/mol. The van der Waals surface area contributed by atoms with E-state index in [1.165, 1.54) is 5.56 Å². The number of fused-ring (bicyclic) bond motifs is 4. The van der Waals surface area contributed by atoms with Gasteiger partial charge < -0.3 is 18.9 Å². The third kappa shape index (κ3) is 2.38. The first-order chi connectivity index (χ1) is 12.1. The lowest BCUT2D eigenvalue weighted by Gasteiger charge is -2.23. The number of carbonyl (C=O) groups is 1. The minimum Gasteiger partial charge on any atom is -0.493 e. The Morgan fingerprint density at radius 2 is 2.08 bits per heavy atom. The van der Waals surface area contributed by atoms with Gasteiger partial charge in [-0.2, -0.15) is 0 Å². The Hall–Kier alpha value is -2.82. The van der Waals surface area contributed by atoms with Gasteiger partial charge in [-0.15, -0.1) is 0 Å². The Kier molecular flexibility index (Phi) is 3.71. The molecule has 2 aromatic carbocycles. The van der Waals surface area contributed by atoms with Crippen LogP contribution in [-0.2, 0) is 6.42 Å². The molecule has 0 saturated heterocycles. The van der Waals surface area contributed by atoms with Crippen molar-refractivity contribution >= 4 is 23.5 Å². The van der Waals surface area contributed by atoms with Crippen LogP contribution < -0.4 is 14.4 Å². The number of anilines is 1. The number of ether oxygens (including phenoxy) is 2. The van der Waals surface area contributed by atoms with Crippen LogP contribution in [0.1, 0.15) is 22.8 Å². The monoisotopic (exact) mass is 336 g/mol. The molecule has 4 rings (SSSR count). The van der Waals surface area contributed by atoms with E-state index in [9.17, 15) is 4.79 Å². The van der Waals surface area contributed by atoms with Gasteiger partial charge in [0.15, 0.2) is 5.75 Å². The number of amides is 1. The van der Waals surface area contributed by atoms with Gasteiger partial charge in [0, 0.05) is 23.5 Å². The standard InChI is InChI=1S/C20H20N2O3/c1-4-25-19-11-17-15(10-18(19)24-3)20(23)22-14(12-21(17)2)9-13-7-5-6-8-16(13)22/h5-8,10-11,14H,4,9H2,1-3H3/t14-/m0/s1. The van der Waals surface area contributed by atoms with E-state index in [4.69, 9.17) is 9.47 Å². The number of carbonyl (C=O) groups excluding carboxylic acids is 1. The van der Waals surface area contributed by atoms with Gasteiger partial charge in [0.2, 0.25) is 5.91 Å². The summed E-state index contributed by atoms with van der Waals surface area (Å²) in [5, 5.41) is 0. The largest absolute Gasteiger partial charge is 0.493 e. The molecule has 0 aliphatic carbocycles. The molecule has 2 aliphatic rings. The van der Waals surface area contributed by atoms with Gasteiger partial charge in [0.25, 0.3) is 0 Å². The summed E-state index contributed by atoms with van der Waals surface area (Å²) in [7, 11) is 3.50. The molecule has 0 bridgehead atoms. The van der Waals surface area contributed by atoms with Gasteiger partial charge in [-0.25, -0.2) is 0 Å². The average Bonchev–Trinajstić information content (AvgIpc) is 2.94. The molecule has 0 saturated carbocycles. The first-order valence-electron chi connectivity index (χ1n) is 8.40. The van der Waals surface area contributed by atoms with Gasteiger partial charge in [-0.3, -0.25) is 4.79 Å². The Morgan fingerprint density at radius 3 is 2.84 bits per heavy atom. The summed E-state index contributed by atoms with van der Waals surface area (Å²) in [5.41, 5.74) is 3.50. The van der Waals surface area contributed by atoms with Gasteiger partial charge in [0.1, 0.15) is 12.8 Å². The fraction of sp³-hybridized carbons (Fsp3) is 0.300. The Bertz CT molecular complexity index is 889. The highest BCUT2D eigenvalue weighted by Gasteiger charge is 2.35. The number of hydrogen-bond acceptors (Lipinski definition) is 3. The van der Waals surface area contributed by atoms with E-state index in [0.29, 0.717) is 23.7 Å². The number of methoxy groups -OCH3 is 1. The summed E-state index contributed by atoms with van der Waals surface area (Å²) in [6.07, 6.45) is 4.20. The van der Waals surface area contributed by atoms with Crippen LogP contribution in [0.3, 0.4) is 0 Å². The summed E-state index contributed by atoms with van der Waals surface area (Å²) in [6.45, 7) is 2.45. The molecule has 2 aromatic rings. The van der Waals surface area contributed by atoms with E-state index in [1.54, 1.807) is 13.2 Å². The topological polar surface area (TPSA) is 41.8 Å². The van der Waals surface area contributed by atoms with Crippen molar-refractivity contribution < 1.29 is 18.8 Å². The lowest BCUT2D eigenvalue weighted by Crippen LogP contribution is -2.38. The molecule has 128 valence electrons. The molecule has 2 aliphatic heterocycles. The molecular formula is C20H20N2O3. The van der Waals surface area contributed by atoms with Crippen molar-refractivity contribution in [2.75, 3.05) is 25.7 Å². The van der Waals surface area contributed by atoms with Crippen molar-refractivity contribution in [2.24, 2.45) is 0 Å². The van der Waals surface area contributed by atoms with E-state index >= 15 is 0 Å². The molecule has 1 amide bonds. The van der Waals surface area contributed by atoms with E-state index in [0.717, 1.165) is 17.8 Å². The van der Waals surface area contributed by atoms with Crippen LogP contribution in [-0.4, -0.2) is 43.5 Å². The summed E-state index contributed by atoms with van der Waals surface area (Å²) in [4.78, 5) is 15.2. The van der Waals surface area contributed by atoms with Crippen molar-refractivity contribution in [3.8, 4) is 11.5 Å². The molecule has 5 heteroatoms. The molecule has 0 N–H and O–H groups in total. The molecule has 25 heavy (non-hydrogen) atoms. The van der Waals surface area contributed by atoms with Crippen molar-refractivity contribution in [1.82, 2.24) is 0 Å². The number of nitrogens with zero attached hydrogens (tertiary/aromatic N) is 2. The molecule has 0 fully saturated rings. The molecule has 0 radical (unpaired) electrons. The van der Waals surface area contributed by atoms with Crippen molar-refractivity contribution in [1.29, 1.82) is 0 Å². The van der Waals surface area contributed by atoms with Crippen LogP contribution in [0.25, 0.3) is 0 Å². The van der Waals surface area contributed by atoms with Crippen molar-refractivity contribution in [3.63, 3.8) is 0 Å². The quantitative estimate of drug-likeness (QED) is 0.639. The van der Waals surface area contributed by atoms with Crippen molar-refractivity contribution in [2.45, 2.75) is 19.4 Å². The number of rotatable bonds is 3. The second-order valence-corrected chi connectivity index (χ2v) is 6.17. The highest BCUT2D eigenvalue weighted by atomic mass is 16.5. The second-order valence-electron chi connectivity index (χ2n) is 6.17. The first-order valence-corrected chi connectivity index (χ1v) is 8.40. The Morgan fingerprint density at radius 1 is 1.28 bits per heavy atom. The fourth-order valence-electron chi connectivity index (χ4n) is 3.59. The summed E-state index contributed by atoms with van der Waals surface area (Å²) in [5.74, 6) is 1.16. The Labute approximate surface area is 147 Å². The highest BCUT2D eigenvalue weighted by Crippen LogP contribution is 2.40. The lowest BCUT2D eigenvalue weighted by atomic mass is 10.1. The van der Waals surface area contributed by atoms with Gasteiger partial charge in [-0.1, -0.05) is 18.2 Å². The number of benzene rings is 2. The smallest absolute Gasteiger partial charge is 0.246 e. The Balaban J connectivity index is 1.89. The molecule has 2 heterocycles. The minimum absolute atomic E-state index is 0.0388. The number of para-hydroxylation sites is 1. The molecule has 0 spiro atoms. The third-order valence-corrected chi connectivity index (χ3v) is 4.71. The summed E-state index contributed by atoms with van der Waals surface area (Å²) in [6, 6.07) is 11.5. The van der Waals surface area contributed by atoms with Gasteiger partial charge in [0.05, 0.1) is 19.4 Å². The van der Waals surface area contributed by atoms with E-state index in [1.807, 2.05) is 47.7 Å². The highest BCUT2D eigenvalue weighted by molar-refractivity contribution is 6.13. The van der Waals surface area contributed by atoms with E-state index in [-0.39, 0.29) is 11.9 Å². The summed E-state index contributed by atoms with van der Waals surface area (Å²) < 4.78 is 13.0. The zero-order chi connectivity index (χ0) is 17.6. The normalized spacial score (nSPS) is 18.0. The van der Waals surface area contributed by atoms with Gasteiger partial charge in [-0.05, 0) is 37.1 Å². The van der Waals surface area contributed by atoms with Crippen molar-refractivity contribution in [3.05, 3.63) is 47.5 Å². The van der Waals surface area contributed by atoms with Gasteiger partial charge >= 0.3 is 0 Å². The first kappa shape index (κ1) is 15.7. The molecule has 5 nitrogen and oxygen atoms in total. The summed E-state index contributed by atoms with van der Waals surface area (Å²) >= 11 is 0. The minimum atomic E-state index is -0.108. The van der Waals surface area contributed by atoms with Crippen LogP contribution >= 0.6 is 0 Å². The van der Waals surface area contributed by atoms with E-state index < -0.39 is 0 Å². The average molecular weight is 336 g/mol. The van der Waals surface area contributed by atoms with E-state index in [2.05, 4.69) is 12.3 Å². The second kappa shape index (κ2) is 5.92. The zero-order valence-corrected chi connectivity index (χ0v) is 14.6. The molecule has 0 unspecified atom stereocenters.